The number of urea groups is 1. The number of amides is 4. The number of primary amides is 1. The lowest BCUT2D eigenvalue weighted by Crippen LogP contribution is -2.42. The molecule has 0 spiro atoms. The van der Waals surface area contributed by atoms with Gasteiger partial charge in [0.25, 0.3) is 5.91 Å². The van der Waals surface area contributed by atoms with Gasteiger partial charge in [-0.3, -0.25) is 14.5 Å². The predicted octanol–water partition coefficient (Wildman–Crippen LogP) is -0.0525. The molecule has 1 aliphatic rings. The summed E-state index contributed by atoms with van der Waals surface area (Å²) in [6.07, 6.45) is 0. The summed E-state index contributed by atoms with van der Waals surface area (Å²) in [6, 6.07) is 6.12. The smallest absolute Gasteiger partial charge is 0.325 e. The first kappa shape index (κ1) is 13.9. The minimum absolute atomic E-state index is 0.434. The molecule has 1 unspecified atom stereocenters. The quantitative estimate of drug-likeness (QED) is 0.753. The van der Waals surface area contributed by atoms with Crippen LogP contribution in [0.15, 0.2) is 24.3 Å². The fourth-order valence-corrected chi connectivity index (χ4v) is 2.12. The van der Waals surface area contributed by atoms with E-state index in [1.807, 2.05) is 0 Å². The van der Waals surface area contributed by atoms with E-state index < -0.39 is 29.9 Å². The third-order valence-corrected chi connectivity index (χ3v) is 3.26. The molecule has 0 saturated carbocycles. The number of hydrogen-bond donors (Lipinski definition) is 2. The molecule has 1 aromatic carbocycles. The molecule has 1 saturated heterocycles. The first-order valence-corrected chi connectivity index (χ1v) is 5.95. The zero-order valence-electron chi connectivity index (χ0n) is 11.2. The highest BCUT2D eigenvalue weighted by Crippen LogP contribution is 2.29. The Kier molecular flexibility index (Phi) is 3.35. The first-order chi connectivity index (χ1) is 9.38. The largest absolute Gasteiger partial charge is 0.497 e. The normalized spacial score (nSPS) is 21.8. The Hall–Kier alpha value is -2.57. The van der Waals surface area contributed by atoms with E-state index in [0.717, 1.165) is 4.90 Å². The number of nitrogens with one attached hydrogen (secondary N) is 1. The predicted molar refractivity (Wildman–Crippen MR) is 69.8 cm³/mol. The maximum atomic E-state index is 12.3. The van der Waals surface area contributed by atoms with Crippen molar-refractivity contribution < 1.29 is 19.1 Å². The summed E-state index contributed by atoms with van der Waals surface area (Å²) in [5, 5.41) is 2.58. The molecule has 1 atom stereocenters. The lowest BCUT2D eigenvalue weighted by molar-refractivity contribution is -0.134. The Morgan fingerprint density at radius 2 is 1.95 bits per heavy atom. The van der Waals surface area contributed by atoms with E-state index in [4.69, 9.17) is 10.5 Å². The van der Waals surface area contributed by atoms with Crippen molar-refractivity contribution in [3.63, 3.8) is 0 Å². The third-order valence-electron chi connectivity index (χ3n) is 3.26. The first-order valence-electron chi connectivity index (χ1n) is 5.95. The molecule has 0 aliphatic carbocycles. The van der Waals surface area contributed by atoms with Gasteiger partial charge in [0.1, 0.15) is 17.8 Å². The van der Waals surface area contributed by atoms with Crippen molar-refractivity contribution in [1.29, 1.82) is 0 Å². The second-order valence-corrected chi connectivity index (χ2v) is 4.64. The van der Waals surface area contributed by atoms with Gasteiger partial charge in [-0.25, -0.2) is 4.79 Å². The molecular formula is C13H15N3O4. The van der Waals surface area contributed by atoms with E-state index in [0.29, 0.717) is 11.3 Å². The van der Waals surface area contributed by atoms with Crippen LogP contribution in [0, 0.1) is 0 Å². The number of nitrogens with two attached hydrogens (primary N) is 1. The summed E-state index contributed by atoms with van der Waals surface area (Å²) in [5.74, 6) is -0.609. The maximum Gasteiger partial charge on any atom is 0.325 e. The number of benzene rings is 1. The minimum atomic E-state index is -1.21. The van der Waals surface area contributed by atoms with Gasteiger partial charge in [-0.2, -0.15) is 0 Å². The number of carbonyl (C=O) groups is 3. The van der Waals surface area contributed by atoms with Crippen molar-refractivity contribution in [3.05, 3.63) is 29.8 Å². The zero-order valence-corrected chi connectivity index (χ0v) is 11.2. The lowest BCUT2D eigenvalue weighted by atomic mass is 9.92. The molecule has 20 heavy (non-hydrogen) atoms. The molecular weight excluding hydrogens is 262 g/mol. The molecule has 7 heteroatoms. The van der Waals surface area contributed by atoms with Crippen LogP contribution in [-0.4, -0.2) is 36.4 Å². The molecule has 0 radical (unpaired) electrons. The van der Waals surface area contributed by atoms with Gasteiger partial charge in [-0.1, -0.05) is 12.1 Å². The van der Waals surface area contributed by atoms with Crippen LogP contribution in [0.3, 0.4) is 0 Å². The Labute approximate surface area is 115 Å². The Morgan fingerprint density at radius 1 is 1.35 bits per heavy atom. The Bertz CT molecular complexity index is 569. The second kappa shape index (κ2) is 4.84. The monoisotopic (exact) mass is 277 g/mol. The average molecular weight is 277 g/mol. The van der Waals surface area contributed by atoms with Gasteiger partial charge >= 0.3 is 6.03 Å². The number of rotatable bonds is 4. The standard InChI is InChI=1S/C13H15N3O4/c1-13(8-3-5-9(20-2)6-4-8)11(18)16(7-10(14)17)12(19)15-13/h3-6H,7H2,1-2H3,(H2,14,17)(H,15,19). The highest BCUT2D eigenvalue weighted by molar-refractivity contribution is 6.09. The molecule has 0 aromatic heterocycles. The number of carbonyl (C=O) groups excluding carboxylic acids is 3. The van der Waals surface area contributed by atoms with Crippen molar-refractivity contribution in [3.8, 4) is 5.75 Å². The molecule has 4 amide bonds. The van der Waals surface area contributed by atoms with Crippen LogP contribution in [0.1, 0.15) is 12.5 Å². The molecule has 1 aromatic rings. The summed E-state index contributed by atoms with van der Waals surface area (Å²) in [7, 11) is 1.54. The number of imide groups is 1. The zero-order chi connectivity index (χ0) is 14.9. The van der Waals surface area contributed by atoms with Gasteiger partial charge in [0, 0.05) is 0 Å². The molecule has 1 heterocycles. The summed E-state index contributed by atoms with van der Waals surface area (Å²) < 4.78 is 5.04. The molecule has 1 aliphatic heterocycles. The SMILES string of the molecule is COc1ccc(C2(C)NC(=O)N(CC(N)=O)C2=O)cc1. The van der Waals surface area contributed by atoms with Gasteiger partial charge in [-0.15, -0.1) is 0 Å². The fourth-order valence-electron chi connectivity index (χ4n) is 2.12. The molecule has 0 bridgehead atoms. The van der Waals surface area contributed by atoms with E-state index >= 15 is 0 Å². The molecule has 106 valence electrons. The molecule has 2 rings (SSSR count). The summed E-state index contributed by atoms with van der Waals surface area (Å²) >= 11 is 0. The van der Waals surface area contributed by atoms with Crippen molar-refractivity contribution in [2.24, 2.45) is 5.73 Å². The van der Waals surface area contributed by atoms with Crippen LogP contribution in [0.25, 0.3) is 0 Å². The van der Waals surface area contributed by atoms with E-state index in [1.54, 1.807) is 31.2 Å². The van der Waals surface area contributed by atoms with Crippen LogP contribution in [-0.2, 0) is 15.1 Å². The van der Waals surface area contributed by atoms with Crippen molar-refractivity contribution >= 4 is 17.8 Å². The van der Waals surface area contributed by atoms with Crippen molar-refractivity contribution in [1.82, 2.24) is 10.2 Å². The number of ether oxygens (including phenoxy) is 1. The number of hydrogen-bond acceptors (Lipinski definition) is 4. The van der Waals surface area contributed by atoms with Gasteiger partial charge < -0.3 is 15.8 Å². The van der Waals surface area contributed by atoms with Crippen molar-refractivity contribution in [2.75, 3.05) is 13.7 Å². The van der Waals surface area contributed by atoms with Crippen molar-refractivity contribution in [2.45, 2.75) is 12.5 Å². The number of nitrogens with zero attached hydrogens (tertiary/aromatic N) is 1. The Balaban J connectivity index is 2.32. The minimum Gasteiger partial charge on any atom is -0.497 e. The summed E-state index contributed by atoms with van der Waals surface area (Å²) in [6.45, 7) is 1.15. The molecule has 1 fully saturated rings. The molecule has 7 nitrogen and oxygen atoms in total. The highest BCUT2D eigenvalue weighted by Gasteiger charge is 2.49. The van der Waals surface area contributed by atoms with E-state index in [9.17, 15) is 14.4 Å². The Morgan fingerprint density at radius 3 is 2.45 bits per heavy atom. The van der Waals surface area contributed by atoms with E-state index in [2.05, 4.69) is 5.32 Å². The van der Waals surface area contributed by atoms with Crippen LogP contribution >= 0.6 is 0 Å². The molecule has 3 N–H and O–H groups in total. The topological polar surface area (TPSA) is 102 Å². The van der Waals surface area contributed by atoms with Crippen LogP contribution < -0.4 is 15.8 Å². The maximum absolute atomic E-state index is 12.3. The highest BCUT2D eigenvalue weighted by atomic mass is 16.5. The van der Waals surface area contributed by atoms with Crippen LogP contribution in [0.4, 0.5) is 4.79 Å². The fraction of sp³-hybridized carbons (Fsp3) is 0.308. The van der Waals surface area contributed by atoms with Crippen LogP contribution in [0.2, 0.25) is 0 Å². The average Bonchev–Trinajstić information content (AvgIpc) is 2.63. The summed E-state index contributed by atoms with van der Waals surface area (Å²) in [5.41, 5.74) is 4.42. The van der Waals surface area contributed by atoms with E-state index in [-0.39, 0.29) is 0 Å². The second-order valence-electron chi connectivity index (χ2n) is 4.64. The van der Waals surface area contributed by atoms with Crippen LogP contribution in [0.5, 0.6) is 5.75 Å². The third kappa shape index (κ3) is 2.18. The lowest BCUT2D eigenvalue weighted by Gasteiger charge is -2.22. The summed E-state index contributed by atoms with van der Waals surface area (Å²) in [4.78, 5) is 35.8. The van der Waals surface area contributed by atoms with Gasteiger partial charge in [0.05, 0.1) is 7.11 Å². The van der Waals surface area contributed by atoms with Gasteiger partial charge in [0.2, 0.25) is 5.91 Å². The van der Waals surface area contributed by atoms with Gasteiger partial charge in [0.15, 0.2) is 0 Å². The van der Waals surface area contributed by atoms with Gasteiger partial charge in [-0.05, 0) is 24.6 Å². The number of methoxy groups -OCH3 is 1. The van der Waals surface area contributed by atoms with E-state index in [1.165, 1.54) is 7.11 Å².